The maximum absolute atomic E-state index is 13.7. The van der Waals surface area contributed by atoms with E-state index < -0.39 is 28.0 Å². The third-order valence-corrected chi connectivity index (χ3v) is 10.4. The van der Waals surface area contributed by atoms with E-state index in [0.29, 0.717) is 16.7 Å². The Morgan fingerprint density at radius 2 is 1.69 bits per heavy atom. The fourth-order valence-electron chi connectivity index (χ4n) is 4.70. The predicted molar refractivity (Wildman–Crippen MR) is 129 cm³/mol. The van der Waals surface area contributed by atoms with Gasteiger partial charge in [0.1, 0.15) is 0 Å². The van der Waals surface area contributed by atoms with Gasteiger partial charge in [0.25, 0.3) is 0 Å². The summed E-state index contributed by atoms with van der Waals surface area (Å²) in [6.45, 7) is 1.86. The van der Waals surface area contributed by atoms with Crippen molar-refractivity contribution in [3.8, 4) is 0 Å². The highest BCUT2D eigenvalue weighted by molar-refractivity contribution is 8.00. The van der Waals surface area contributed by atoms with Crippen molar-refractivity contribution in [3.63, 3.8) is 0 Å². The highest BCUT2D eigenvalue weighted by Crippen LogP contribution is 2.45. The normalized spacial score (nSPS) is 25.1. The molecule has 8 heteroatoms. The topological polar surface area (TPSA) is 74.7 Å². The zero-order chi connectivity index (χ0) is 22.9. The van der Waals surface area contributed by atoms with Crippen LogP contribution in [-0.2, 0) is 14.8 Å². The Hall–Kier alpha value is -1.54. The molecule has 3 atom stereocenters. The van der Waals surface area contributed by atoms with E-state index in [2.05, 4.69) is 0 Å². The first-order valence-corrected chi connectivity index (χ1v) is 13.7. The first-order chi connectivity index (χ1) is 15.3. The van der Waals surface area contributed by atoms with Gasteiger partial charge < -0.3 is 5.11 Å². The molecule has 1 saturated carbocycles. The molecule has 32 heavy (non-hydrogen) atoms. The summed E-state index contributed by atoms with van der Waals surface area (Å²) in [5, 5.41) is 10.9. The number of piperidine rings is 1. The highest BCUT2D eigenvalue weighted by atomic mass is 35.5. The van der Waals surface area contributed by atoms with Crippen LogP contribution in [0, 0.1) is 12.8 Å². The number of halogens is 1. The number of benzene rings is 2. The number of thioether (sulfide) groups is 1. The molecule has 0 aromatic heterocycles. The Morgan fingerprint density at radius 1 is 1.06 bits per heavy atom. The van der Waals surface area contributed by atoms with E-state index in [1.807, 2.05) is 19.1 Å². The third kappa shape index (κ3) is 5.01. The second kappa shape index (κ2) is 9.75. The van der Waals surface area contributed by atoms with Gasteiger partial charge in [0.2, 0.25) is 10.0 Å². The summed E-state index contributed by atoms with van der Waals surface area (Å²) in [7, 11) is -3.88. The van der Waals surface area contributed by atoms with E-state index in [9.17, 15) is 18.3 Å². The molecule has 1 aliphatic heterocycles. The van der Waals surface area contributed by atoms with Crippen molar-refractivity contribution in [2.75, 3.05) is 6.54 Å². The van der Waals surface area contributed by atoms with E-state index in [4.69, 9.17) is 11.6 Å². The number of aryl methyl sites for hydroxylation is 1. The van der Waals surface area contributed by atoms with Crippen LogP contribution in [0.2, 0.25) is 5.02 Å². The number of hydrogen-bond acceptors (Lipinski definition) is 4. The Bertz CT molecular complexity index is 1050. The maximum atomic E-state index is 13.7. The summed E-state index contributed by atoms with van der Waals surface area (Å²) in [5.74, 6) is -1.68. The first kappa shape index (κ1) is 23.6. The molecule has 1 saturated heterocycles. The van der Waals surface area contributed by atoms with Gasteiger partial charge in [0.05, 0.1) is 16.9 Å². The summed E-state index contributed by atoms with van der Waals surface area (Å²) >= 11 is 7.83. The van der Waals surface area contributed by atoms with Crippen molar-refractivity contribution in [1.82, 2.24) is 4.31 Å². The lowest BCUT2D eigenvalue weighted by molar-refractivity contribution is -0.143. The molecule has 172 valence electrons. The Kier molecular flexibility index (Phi) is 7.20. The van der Waals surface area contributed by atoms with Crippen molar-refractivity contribution in [3.05, 3.63) is 64.7 Å². The van der Waals surface area contributed by atoms with Crippen molar-refractivity contribution in [1.29, 1.82) is 0 Å². The van der Waals surface area contributed by atoms with E-state index in [0.717, 1.165) is 24.0 Å². The number of sulfonamides is 1. The Balaban J connectivity index is 1.72. The second-order valence-corrected chi connectivity index (χ2v) is 12.6. The number of nitrogens with zero attached hydrogens (tertiary/aromatic N) is 1. The van der Waals surface area contributed by atoms with Crippen molar-refractivity contribution in [2.24, 2.45) is 5.92 Å². The molecule has 2 aromatic rings. The van der Waals surface area contributed by atoms with Gasteiger partial charge in [-0.3, -0.25) is 4.79 Å². The average Bonchev–Trinajstić information content (AvgIpc) is 3.27. The average molecular weight is 494 g/mol. The molecule has 1 aliphatic carbocycles. The molecule has 0 spiro atoms. The highest BCUT2D eigenvalue weighted by Gasteiger charge is 2.46. The van der Waals surface area contributed by atoms with Gasteiger partial charge in [-0.2, -0.15) is 16.1 Å². The molecule has 2 aliphatic rings. The minimum absolute atomic E-state index is 0.0385. The lowest BCUT2D eigenvalue weighted by atomic mass is 9.90. The van der Waals surface area contributed by atoms with Crippen LogP contribution in [0.4, 0.5) is 0 Å². The lowest BCUT2D eigenvalue weighted by Gasteiger charge is -2.42. The van der Waals surface area contributed by atoms with E-state index in [1.165, 1.54) is 17.1 Å². The number of aliphatic carboxylic acids is 1. The fourth-order valence-corrected chi connectivity index (χ4v) is 8.26. The minimum atomic E-state index is -3.88. The summed E-state index contributed by atoms with van der Waals surface area (Å²) in [6, 6.07) is 13.5. The van der Waals surface area contributed by atoms with Gasteiger partial charge in [0.15, 0.2) is 0 Å². The molecule has 1 N–H and O–H groups in total. The molecular formula is C24H28ClNO4S2. The van der Waals surface area contributed by atoms with E-state index in [1.54, 1.807) is 48.2 Å². The van der Waals surface area contributed by atoms with Gasteiger partial charge >= 0.3 is 5.97 Å². The van der Waals surface area contributed by atoms with E-state index in [-0.39, 0.29) is 16.7 Å². The van der Waals surface area contributed by atoms with Crippen LogP contribution in [0.25, 0.3) is 0 Å². The number of hydrogen-bond donors (Lipinski definition) is 1. The van der Waals surface area contributed by atoms with Crippen LogP contribution >= 0.6 is 23.4 Å². The zero-order valence-electron chi connectivity index (χ0n) is 18.0. The van der Waals surface area contributed by atoms with Gasteiger partial charge in [-0.15, -0.1) is 0 Å². The molecule has 0 unspecified atom stereocenters. The Morgan fingerprint density at radius 3 is 2.28 bits per heavy atom. The summed E-state index contributed by atoms with van der Waals surface area (Å²) in [4.78, 5) is 12.4. The number of rotatable bonds is 6. The molecule has 2 fully saturated rings. The Labute approximate surface area is 199 Å². The lowest BCUT2D eigenvalue weighted by Crippen LogP contribution is -2.49. The molecule has 1 heterocycles. The monoisotopic (exact) mass is 493 g/mol. The third-order valence-electron chi connectivity index (χ3n) is 6.50. The van der Waals surface area contributed by atoms with Gasteiger partial charge in [-0.1, -0.05) is 54.3 Å². The SMILES string of the molecule is Cc1ccc(S(=O)(=O)N2C[C@@H](C(=O)O)[C@H](SC3CCCC3)C[C@H]2c2ccc(Cl)cc2)cc1. The smallest absolute Gasteiger partial charge is 0.308 e. The predicted octanol–water partition coefficient (Wildman–Crippen LogP) is 5.53. The second-order valence-electron chi connectivity index (χ2n) is 8.72. The molecule has 4 rings (SSSR count). The van der Waals surface area contributed by atoms with Crippen LogP contribution in [0.15, 0.2) is 53.4 Å². The molecule has 0 radical (unpaired) electrons. The molecule has 5 nitrogen and oxygen atoms in total. The van der Waals surface area contributed by atoms with Gasteiger partial charge in [0, 0.05) is 22.1 Å². The molecule has 2 aromatic carbocycles. The van der Waals surface area contributed by atoms with Crippen LogP contribution in [0.3, 0.4) is 0 Å². The van der Waals surface area contributed by atoms with Crippen molar-refractivity contribution >= 4 is 39.4 Å². The maximum Gasteiger partial charge on any atom is 0.308 e. The number of carbonyl (C=O) groups is 1. The van der Waals surface area contributed by atoms with Crippen LogP contribution < -0.4 is 0 Å². The fraction of sp³-hybridized carbons (Fsp3) is 0.458. The van der Waals surface area contributed by atoms with E-state index >= 15 is 0 Å². The minimum Gasteiger partial charge on any atom is -0.481 e. The quantitative estimate of drug-likeness (QED) is 0.572. The van der Waals surface area contributed by atoms with Gasteiger partial charge in [-0.25, -0.2) is 8.42 Å². The summed E-state index contributed by atoms with van der Waals surface area (Å²) in [5.41, 5.74) is 1.80. The summed E-state index contributed by atoms with van der Waals surface area (Å²) in [6.07, 6.45) is 5.02. The number of carboxylic acid groups (broad SMARTS) is 1. The number of carboxylic acids is 1. The molecule has 0 bridgehead atoms. The largest absolute Gasteiger partial charge is 0.481 e. The first-order valence-electron chi connectivity index (χ1n) is 11.0. The standard InChI is InChI=1S/C24H28ClNO4S2/c1-16-6-12-20(13-7-16)32(29,30)26-15-21(24(27)28)23(31-19-4-2-3-5-19)14-22(26)17-8-10-18(25)11-9-17/h6-13,19,21-23H,2-5,14-15H2,1H3,(H,27,28)/t21-,22+,23-/m1/s1. The van der Waals surface area contributed by atoms with Gasteiger partial charge in [-0.05, 0) is 56.0 Å². The molecule has 0 amide bonds. The van der Waals surface area contributed by atoms with Crippen molar-refractivity contribution in [2.45, 2.75) is 60.5 Å². The van der Waals surface area contributed by atoms with Crippen LogP contribution in [0.5, 0.6) is 0 Å². The van der Waals surface area contributed by atoms with Crippen LogP contribution in [-0.4, -0.2) is 40.8 Å². The van der Waals surface area contributed by atoms with Crippen LogP contribution in [0.1, 0.15) is 49.3 Å². The van der Waals surface area contributed by atoms with Crippen molar-refractivity contribution < 1.29 is 18.3 Å². The molecular weight excluding hydrogens is 466 g/mol. The zero-order valence-corrected chi connectivity index (χ0v) is 20.4. The summed E-state index contributed by atoms with van der Waals surface area (Å²) < 4.78 is 28.7.